The van der Waals surface area contributed by atoms with Crippen LogP contribution in [0.2, 0.25) is 0 Å². The van der Waals surface area contributed by atoms with Crippen LogP contribution in [0.15, 0.2) is 12.2 Å². The van der Waals surface area contributed by atoms with Gasteiger partial charge in [-0.05, 0) is 13.0 Å². The van der Waals surface area contributed by atoms with E-state index in [0.717, 1.165) is 0 Å². The van der Waals surface area contributed by atoms with Crippen molar-refractivity contribution in [2.75, 3.05) is 0 Å². The summed E-state index contributed by atoms with van der Waals surface area (Å²) in [5.41, 5.74) is 0. The number of carbonyl (C=O) groups is 1. The van der Waals surface area contributed by atoms with E-state index in [9.17, 15) is 4.79 Å². The van der Waals surface area contributed by atoms with Gasteiger partial charge in [0.1, 0.15) is 6.10 Å². The number of cyclic esters (lactones) is 1. The topological polar surface area (TPSA) is 26.3 Å². The van der Waals surface area contributed by atoms with Gasteiger partial charge >= 0.3 is 5.97 Å². The fraction of sp³-hybridized carbons (Fsp3) is 0.400. The zero-order chi connectivity index (χ0) is 5.28. The average Bonchev–Trinajstić information content (AvgIpc) is 1.87. The SMILES string of the molecule is CC1C=CC(=O)O1. The minimum Gasteiger partial charge on any atom is -0.455 e. The normalized spacial score (nSPS) is 28.1. The van der Waals surface area contributed by atoms with Gasteiger partial charge in [-0.25, -0.2) is 4.79 Å². The highest BCUT2D eigenvalue weighted by Gasteiger charge is 2.08. The lowest BCUT2D eigenvalue weighted by molar-refractivity contribution is -0.137. The Morgan fingerprint density at radius 2 is 2.57 bits per heavy atom. The van der Waals surface area contributed by atoms with Gasteiger partial charge in [-0.1, -0.05) is 0 Å². The van der Waals surface area contributed by atoms with Gasteiger partial charge in [0.05, 0.1) is 0 Å². The van der Waals surface area contributed by atoms with Crippen LogP contribution in [0.5, 0.6) is 0 Å². The molecular weight excluding hydrogens is 92.1 g/mol. The zero-order valence-electron chi connectivity index (χ0n) is 4.05. The third-order valence-electron chi connectivity index (χ3n) is 0.805. The first-order chi connectivity index (χ1) is 3.29. The molecule has 7 heavy (non-hydrogen) atoms. The van der Waals surface area contributed by atoms with E-state index in [-0.39, 0.29) is 12.1 Å². The highest BCUT2D eigenvalue weighted by atomic mass is 16.5. The van der Waals surface area contributed by atoms with Crippen LogP contribution in [-0.2, 0) is 9.53 Å². The summed E-state index contributed by atoms with van der Waals surface area (Å²) in [6.07, 6.45) is 3.15. The number of hydrogen-bond donors (Lipinski definition) is 0. The van der Waals surface area contributed by atoms with Crippen molar-refractivity contribution in [2.24, 2.45) is 0 Å². The molecule has 0 bridgehead atoms. The Morgan fingerprint density at radius 3 is 2.71 bits per heavy atom. The van der Waals surface area contributed by atoms with Gasteiger partial charge in [-0.2, -0.15) is 0 Å². The van der Waals surface area contributed by atoms with Crippen LogP contribution in [-0.4, -0.2) is 12.1 Å². The Morgan fingerprint density at radius 1 is 1.86 bits per heavy atom. The average molecular weight is 98.1 g/mol. The molecule has 2 heteroatoms. The summed E-state index contributed by atoms with van der Waals surface area (Å²) >= 11 is 0. The maximum Gasteiger partial charge on any atom is 0.331 e. The fourth-order valence-electron chi connectivity index (χ4n) is 0.476. The van der Waals surface area contributed by atoms with Crippen LogP contribution in [0.3, 0.4) is 0 Å². The van der Waals surface area contributed by atoms with Crippen molar-refractivity contribution >= 4 is 5.97 Å². The van der Waals surface area contributed by atoms with Crippen LogP contribution < -0.4 is 0 Å². The van der Waals surface area contributed by atoms with E-state index in [4.69, 9.17) is 0 Å². The molecule has 1 heterocycles. The van der Waals surface area contributed by atoms with E-state index < -0.39 is 0 Å². The predicted octanol–water partition coefficient (Wildman–Crippen LogP) is 0.488. The number of hydrogen-bond acceptors (Lipinski definition) is 2. The molecule has 1 atom stereocenters. The number of carbonyl (C=O) groups excluding carboxylic acids is 1. The van der Waals surface area contributed by atoms with E-state index in [0.29, 0.717) is 0 Å². The number of esters is 1. The first kappa shape index (κ1) is 4.37. The fourth-order valence-corrected chi connectivity index (χ4v) is 0.476. The van der Waals surface area contributed by atoms with Crippen LogP contribution in [0.1, 0.15) is 6.92 Å². The molecule has 0 saturated carbocycles. The molecule has 0 aliphatic carbocycles. The summed E-state index contributed by atoms with van der Waals surface area (Å²) in [5, 5.41) is 0. The molecule has 0 spiro atoms. The predicted molar refractivity (Wildman–Crippen MR) is 24.7 cm³/mol. The smallest absolute Gasteiger partial charge is 0.331 e. The van der Waals surface area contributed by atoms with Crippen molar-refractivity contribution in [3.05, 3.63) is 12.2 Å². The first-order valence-electron chi connectivity index (χ1n) is 2.18. The maximum atomic E-state index is 10.1. The molecule has 1 aliphatic rings. The third-order valence-corrected chi connectivity index (χ3v) is 0.805. The van der Waals surface area contributed by atoms with Gasteiger partial charge in [0.25, 0.3) is 0 Å². The molecule has 0 aromatic carbocycles. The van der Waals surface area contributed by atoms with Crippen molar-refractivity contribution in [1.29, 1.82) is 0 Å². The summed E-state index contributed by atoms with van der Waals surface area (Å²) in [5.74, 6) is -0.229. The van der Waals surface area contributed by atoms with E-state index in [2.05, 4.69) is 4.74 Å². The third kappa shape index (κ3) is 0.796. The minimum atomic E-state index is -0.229. The molecule has 38 valence electrons. The Hall–Kier alpha value is -0.790. The van der Waals surface area contributed by atoms with Crippen LogP contribution >= 0.6 is 0 Å². The molecule has 0 saturated heterocycles. The number of ether oxygens (including phenoxy) is 1. The van der Waals surface area contributed by atoms with Crippen molar-refractivity contribution in [3.8, 4) is 0 Å². The van der Waals surface area contributed by atoms with Crippen LogP contribution in [0.25, 0.3) is 0 Å². The lowest BCUT2D eigenvalue weighted by Crippen LogP contribution is -2.00. The number of rotatable bonds is 0. The second-order valence-corrected chi connectivity index (χ2v) is 1.50. The minimum absolute atomic E-state index is 0.00694. The monoisotopic (exact) mass is 98.0 g/mol. The standard InChI is InChI=1S/C5H6O2/c1-4-2-3-5(6)7-4/h2-4H,1H3. The zero-order valence-corrected chi connectivity index (χ0v) is 4.05. The van der Waals surface area contributed by atoms with Crippen molar-refractivity contribution in [2.45, 2.75) is 13.0 Å². The lowest BCUT2D eigenvalue weighted by Gasteiger charge is -1.95. The second kappa shape index (κ2) is 1.37. The molecule has 2 nitrogen and oxygen atoms in total. The molecule has 1 rings (SSSR count). The van der Waals surface area contributed by atoms with Crippen molar-refractivity contribution in [1.82, 2.24) is 0 Å². The summed E-state index contributed by atoms with van der Waals surface area (Å²) < 4.78 is 4.61. The molecule has 0 aromatic heterocycles. The molecular formula is C5H6O2. The molecule has 0 aromatic rings. The summed E-state index contributed by atoms with van der Waals surface area (Å²) in [4.78, 5) is 10.1. The first-order valence-corrected chi connectivity index (χ1v) is 2.18. The van der Waals surface area contributed by atoms with Crippen molar-refractivity contribution < 1.29 is 9.53 Å². The van der Waals surface area contributed by atoms with Crippen LogP contribution in [0, 0.1) is 0 Å². The molecule has 0 amide bonds. The lowest BCUT2D eigenvalue weighted by atomic mass is 10.4. The van der Waals surface area contributed by atoms with Gasteiger partial charge in [-0.15, -0.1) is 0 Å². The highest BCUT2D eigenvalue weighted by molar-refractivity contribution is 5.84. The van der Waals surface area contributed by atoms with Crippen LogP contribution in [0.4, 0.5) is 0 Å². The van der Waals surface area contributed by atoms with E-state index in [1.165, 1.54) is 6.08 Å². The maximum absolute atomic E-state index is 10.1. The Balaban J connectivity index is 2.58. The van der Waals surface area contributed by atoms with Gasteiger partial charge in [0.2, 0.25) is 0 Å². The van der Waals surface area contributed by atoms with E-state index in [1.807, 2.05) is 6.92 Å². The van der Waals surface area contributed by atoms with Gasteiger partial charge in [0.15, 0.2) is 0 Å². The molecule has 1 aliphatic heterocycles. The Bertz CT molecular complexity index is 115. The van der Waals surface area contributed by atoms with Crippen molar-refractivity contribution in [3.63, 3.8) is 0 Å². The second-order valence-electron chi connectivity index (χ2n) is 1.50. The Kier molecular flexibility index (Phi) is 0.855. The summed E-state index contributed by atoms with van der Waals surface area (Å²) in [6, 6.07) is 0. The summed E-state index contributed by atoms with van der Waals surface area (Å²) in [7, 11) is 0. The summed E-state index contributed by atoms with van der Waals surface area (Å²) in [6.45, 7) is 1.82. The molecule has 1 unspecified atom stereocenters. The molecule has 0 N–H and O–H groups in total. The van der Waals surface area contributed by atoms with Gasteiger partial charge in [0, 0.05) is 6.08 Å². The Labute approximate surface area is 41.8 Å². The molecule has 0 radical (unpaired) electrons. The van der Waals surface area contributed by atoms with E-state index in [1.54, 1.807) is 6.08 Å². The highest BCUT2D eigenvalue weighted by Crippen LogP contribution is 2.01. The largest absolute Gasteiger partial charge is 0.455 e. The molecule has 0 fully saturated rings. The quantitative estimate of drug-likeness (QED) is 0.412. The van der Waals surface area contributed by atoms with Gasteiger partial charge < -0.3 is 4.74 Å². The van der Waals surface area contributed by atoms with Gasteiger partial charge in [-0.3, -0.25) is 0 Å². The van der Waals surface area contributed by atoms with E-state index >= 15 is 0 Å².